The van der Waals surface area contributed by atoms with Gasteiger partial charge < -0.3 is 5.11 Å². The molecular formula is C21H21NO4S. The minimum absolute atomic E-state index is 0.130. The van der Waals surface area contributed by atoms with Gasteiger partial charge in [0.15, 0.2) is 11.6 Å². The highest BCUT2D eigenvalue weighted by molar-refractivity contribution is 7.16. The van der Waals surface area contributed by atoms with Crippen molar-refractivity contribution in [2.75, 3.05) is 0 Å². The molecule has 5 nitrogen and oxygen atoms in total. The van der Waals surface area contributed by atoms with Crippen molar-refractivity contribution in [3.63, 3.8) is 0 Å². The lowest BCUT2D eigenvalue weighted by molar-refractivity contribution is -0.127. The van der Waals surface area contributed by atoms with E-state index >= 15 is 0 Å². The van der Waals surface area contributed by atoms with Gasteiger partial charge in [0.25, 0.3) is 0 Å². The first-order valence-corrected chi connectivity index (χ1v) is 9.50. The summed E-state index contributed by atoms with van der Waals surface area (Å²) < 4.78 is 2.33. The molecule has 2 aromatic rings. The standard InChI is InChI=1S/C21H21NO4S/c1-5-6-9-22-18-12(2)13(7-8-16(18)27-20(22)26)19(25)17-14(23)10-21(3,4)11-15(17)24/h7-8,25H,9-11H2,1-4H3. The van der Waals surface area contributed by atoms with Gasteiger partial charge in [0.2, 0.25) is 0 Å². The van der Waals surface area contributed by atoms with Crippen LogP contribution in [0.15, 0.2) is 22.5 Å². The fraction of sp³-hybridized carbons (Fsp3) is 0.381. The van der Waals surface area contributed by atoms with Crippen LogP contribution < -0.4 is 4.87 Å². The molecule has 1 N–H and O–H groups in total. The summed E-state index contributed by atoms with van der Waals surface area (Å²) in [6.07, 6.45) is 0.434. The summed E-state index contributed by atoms with van der Waals surface area (Å²) in [4.78, 5) is 37.2. The van der Waals surface area contributed by atoms with Gasteiger partial charge in [-0.3, -0.25) is 19.0 Å². The Morgan fingerprint density at radius 1 is 1.22 bits per heavy atom. The Kier molecular flexibility index (Phi) is 4.83. The molecule has 0 spiro atoms. The van der Waals surface area contributed by atoms with Crippen LogP contribution in [0.1, 0.15) is 44.7 Å². The molecule has 0 saturated heterocycles. The van der Waals surface area contributed by atoms with Crippen LogP contribution in [0.3, 0.4) is 0 Å². The molecule has 6 heteroatoms. The molecule has 1 heterocycles. The van der Waals surface area contributed by atoms with Crippen LogP contribution in [-0.2, 0) is 16.1 Å². The number of hydrogen-bond acceptors (Lipinski definition) is 5. The molecule has 1 aromatic heterocycles. The van der Waals surface area contributed by atoms with E-state index in [1.165, 1.54) is 0 Å². The van der Waals surface area contributed by atoms with Crippen molar-refractivity contribution in [3.05, 3.63) is 38.5 Å². The van der Waals surface area contributed by atoms with E-state index in [4.69, 9.17) is 0 Å². The Hall–Kier alpha value is -2.65. The monoisotopic (exact) mass is 383 g/mol. The molecule has 0 amide bonds. The van der Waals surface area contributed by atoms with E-state index in [9.17, 15) is 19.5 Å². The summed E-state index contributed by atoms with van der Waals surface area (Å²) in [7, 11) is 0. The van der Waals surface area contributed by atoms with E-state index in [1.807, 2.05) is 13.8 Å². The van der Waals surface area contributed by atoms with Gasteiger partial charge in [-0.2, -0.15) is 0 Å². The average molecular weight is 383 g/mol. The van der Waals surface area contributed by atoms with Crippen molar-refractivity contribution in [2.45, 2.75) is 47.1 Å². The van der Waals surface area contributed by atoms with Crippen LogP contribution in [0.2, 0.25) is 0 Å². The number of hydrogen-bond donors (Lipinski definition) is 1. The second-order valence-corrected chi connectivity index (χ2v) is 8.55. The third-order valence-electron chi connectivity index (χ3n) is 4.82. The fourth-order valence-corrected chi connectivity index (χ4v) is 4.50. The molecule has 0 aliphatic heterocycles. The fourth-order valence-electron chi connectivity index (χ4n) is 3.55. The van der Waals surface area contributed by atoms with Crippen molar-refractivity contribution >= 4 is 38.9 Å². The number of carbonyl (C=O) groups excluding carboxylic acids is 2. The van der Waals surface area contributed by atoms with Gasteiger partial charge in [0.05, 0.1) is 16.8 Å². The predicted molar refractivity (Wildman–Crippen MR) is 107 cm³/mol. The molecule has 0 bridgehead atoms. The lowest BCUT2D eigenvalue weighted by Crippen LogP contribution is -2.32. The van der Waals surface area contributed by atoms with Gasteiger partial charge in [-0.25, -0.2) is 0 Å². The Balaban J connectivity index is 2.21. The lowest BCUT2D eigenvalue weighted by Gasteiger charge is -2.29. The molecule has 1 aliphatic rings. The first-order chi connectivity index (χ1) is 12.7. The maximum absolute atomic E-state index is 12.5. The van der Waals surface area contributed by atoms with Crippen molar-refractivity contribution < 1.29 is 14.7 Å². The number of allylic oxidation sites excluding steroid dienone is 1. The van der Waals surface area contributed by atoms with Crippen LogP contribution in [-0.4, -0.2) is 21.2 Å². The summed E-state index contributed by atoms with van der Waals surface area (Å²) >= 11 is 1.11. The Labute approximate surface area is 161 Å². The molecule has 0 atom stereocenters. The second-order valence-electron chi connectivity index (χ2n) is 7.55. The van der Waals surface area contributed by atoms with E-state index in [2.05, 4.69) is 11.8 Å². The van der Waals surface area contributed by atoms with Crippen LogP contribution in [0.25, 0.3) is 16.0 Å². The number of fused-ring (bicyclic) bond motifs is 1. The quantitative estimate of drug-likeness (QED) is 0.372. The smallest absolute Gasteiger partial charge is 0.309 e. The maximum Gasteiger partial charge on any atom is 0.309 e. The van der Waals surface area contributed by atoms with Crippen molar-refractivity contribution in [1.29, 1.82) is 0 Å². The summed E-state index contributed by atoms with van der Waals surface area (Å²) in [5.41, 5.74) is 1.20. The average Bonchev–Trinajstić information content (AvgIpc) is 2.87. The number of thiazole rings is 1. The van der Waals surface area contributed by atoms with Crippen LogP contribution in [0.5, 0.6) is 0 Å². The number of aryl methyl sites for hydroxylation is 1. The Morgan fingerprint density at radius 3 is 2.44 bits per heavy atom. The zero-order valence-electron chi connectivity index (χ0n) is 15.8. The van der Waals surface area contributed by atoms with Gasteiger partial charge in [-0.05, 0) is 37.0 Å². The first-order valence-electron chi connectivity index (χ1n) is 8.69. The normalized spacial score (nSPS) is 16.4. The second kappa shape index (κ2) is 6.82. The van der Waals surface area contributed by atoms with E-state index in [0.29, 0.717) is 16.6 Å². The highest BCUT2D eigenvalue weighted by Crippen LogP contribution is 2.37. The third kappa shape index (κ3) is 3.35. The molecule has 1 aliphatic carbocycles. The molecule has 0 unspecified atom stereocenters. The van der Waals surface area contributed by atoms with Crippen LogP contribution in [0.4, 0.5) is 0 Å². The van der Waals surface area contributed by atoms with Gasteiger partial charge in [0, 0.05) is 18.4 Å². The third-order valence-corrected chi connectivity index (χ3v) is 5.77. The number of aliphatic hydroxyl groups is 1. The molecule has 1 saturated carbocycles. The zero-order chi connectivity index (χ0) is 19.9. The summed E-state index contributed by atoms with van der Waals surface area (Å²) in [6.45, 7) is 7.47. The Bertz CT molecular complexity index is 1100. The number of carbonyl (C=O) groups is 2. The number of ketones is 2. The molecule has 27 heavy (non-hydrogen) atoms. The molecule has 1 fully saturated rings. The zero-order valence-corrected chi connectivity index (χ0v) is 16.6. The van der Waals surface area contributed by atoms with E-state index < -0.39 is 5.41 Å². The minimum Gasteiger partial charge on any atom is -0.506 e. The van der Waals surface area contributed by atoms with Gasteiger partial charge in [0.1, 0.15) is 11.3 Å². The van der Waals surface area contributed by atoms with Gasteiger partial charge in [-0.1, -0.05) is 31.1 Å². The summed E-state index contributed by atoms with van der Waals surface area (Å²) in [6, 6.07) is 3.39. The van der Waals surface area contributed by atoms with E-state index in [1.54, 1.807) is 30.5 Å². The highest BCUT2D eigenvalue weighted by Gasteiger charge is 2.38. The number of Topliss-reactive ketones (excluding diaryl/α,β-unsaturated/α-hetero) is 2. The van der Waals surface area contributed by atoms with Crippen LogP contribution >= 0.6 is 11.3 Å². The Morgan fingerprint density at radius 2 is 1.85 bits per heavy atom. The van der Waals surface area contributed by atoms with Gasteiger partial charge >= 0.3 is 4.87 Å². The number of aromatic nitrogens is 1. The van der Waals surface area contributed by atoms with Crippen molar-refractivity contribution in [1.82, 2.24) is 4.57 Å². The van der Waals surface area contributed by atoms with Gasteiger partial charge in [-0.15, -0.1) is 5.92 Å². The predicted octanol–water partition coefficient (Wildman–Crippen LogP) is 3.62. The molecular weight excluding hydrogens is 362 g/mol. The summed E-state index contributed by atoms with van der Waals surface area (Å²) in [5, 5.41) is 10.8. The largest absolute Gasteiger partial charge is 0.506 e. The van der Waals surface area contributed by atoms with Crippen molar-refractivity contribution in [3.8, 4) is 11.8 Å². The molecule has 1 aromatic carbocycles. The highest BCUT2D eigenvalue weighted by atomic mass is 32.1. The van der Waals surface area contributed by atoms with E-state index in [-0.39, 0.29) is 47.2 Å². The topological polar surface area (TPSA) is 76.4 Å². The number of aliphatic hydroxyl groups excluding tert-OH is 1. The van der Waals surface area contributed by atoms with Crippen LogP contribution in [0, 0.1) is 24.2 Å². The first kappa shape index (κ1) is 19.1. The maximum atomic E-state index is 12.5. The SMILES string of the molecule is CC#CCn1c(=O)sc2ccc(C(O)=C3C(=O)CC(C)(C)CC3=O)c(C)c21. The molecule has 140 valence electrons. The number of rotatable bonds is 2. The van der Waals surface area contributed by atoms with Crippen molar-refractivity contribution in [2.24, 2.45) is 5.41 Å². The minimum atomic E-state index is -0.399. The summed E-state index contributed by atoms with van der Waals surface area (Å²) in [5.74, 6) is 4.68. The number of nitrogens with zero attached hydrogens (tertiary/aromatic N) is 1. The number of benzene rings is 1. The van der Waals surface area contributed by atoms with E-state index in [0.717, 1.165) is 16.0 Å². The molecule has 3 rings (SSSR count). The molecule has 0 radical (unpaired) electrons. The lowest BCUT2D eigenvalue weighted by atomic mass is 9.73.